The van der Waals surface area contributed by atoms with E-state index in [2.05, 4.69) is 36.1 Å². The Balaban J connectivity index is 2.53. The summed E-state index contributed by atoms with van der Waals surface area (Å²) in [5.41, 5.74) is 6.84. The Labute approximate surface area is 97.7 Å². The molecule has 1 rings (SSSR count). The number of nitrogens with one attached hydrogen (secondary N) is 1. The van der Waals surface area contributed by atoms with Crippen LogP contribution in [0, 0.1) is 5.41 Å². The maximum Gasteiger partial charge on any atom is 0.129 e. The maximum atomic E-state index is 5.58. The third kappa shape index (κ3) is 4.14. The third-order valence-electron chi connectivity index (χ3n) is 2.66. The lowest BCUT2D eigenvalue weighted by atomic mass is 9.89. The minimum Gasteiger partial charge on any atom is -0.369 e. The van der Waals surface area contributed by atoms with Crippen LogP contribution in [0.3, 0.4) is 0 Å². The predicted octanol–water partition coefficient (Wildman–Crippen LogP) is 1.83. The van der Waals surface area contributed by atoms with Gasteiger partial charge in [-0.25, -0.2) is 9.97 Å². The molecular weight excluding hydrogens is 200 g/mol. The molecule has 0 aliphatic heterocycles. The largest absolute Gasteiger partial charge is 0.369 e. The Morgan fingerprint density at radius 2 is 2.12 bits per heavy atom. The fourth-order valence-electron chi connectivity index (χ4n) is 1.50. The van der Waals surface area contributed by atoms with Gasteiger partial charge >= 0.3 is 0 Å². The standard InChI is InChI=1S/C12H22N4/c1-4-10-7-11(16-9-15-10)14-8-12(2,3)5-6-13/h7,9H,4-6,8,13H2,1-3H3,(H,14,15,16). The Kier molecular flexibility index (Phi) is 4.68. The van der Waals surface area contributed by atoms with Crippen molar-refractivity contribution >= 4 is 5.82 Å². The van der Waals surface area contributed by atoms with Crippen LogP contribution in [0.5, 0.6) is 0 Å². The van der Waals surface area contributed by atoms with Crippen LogP contribution in [0.2, 0.25) is 0 Å². The van der Waals surface area contributed by atoms with E-state index in [0.29, 0.717) is 0 Å². The molecule has 0 fully saturated rings. The molecule has 0 aliphatic carbocycles. The van der Waals surface area contributed by atoms with Gasteiger partial charge in [-0.3, -0.25) is 0 Å². The average Bonchev–Trinajstić information content (AvgIpc) is 2.27. The summed E-state index contributed by atoms with van der Waals surface area (Å²) in [6, 6.07) is 2.00. The van der Waals surface area contributed by atoms with E-state index >= 15 is 0 Å². The second-order valence-electron chi connectivity index (χ2n) is 4.80. The second-order valence-corrected chi connectivity index (χ2v) is 4.80. The molecule has 0 radical (unpaired) electrons. The number of anilines is 1. The molecule has 1 heterocycles. The number of nitrogens with zero attached hydrogens (tertiary/aromatic N) is 2. The van der Waals surface area contributed by atoms with Gasteiger partial charge in [-0.1, -0.05) is 20.8 Å². The highest BCUT2D eigenvalue weighted by Crippen LogP contribution is 2.19. The van der Waals surface area contributed by atoms with Crippen molar-refractivity contribution in [3.8, 4) is 0 Å². The van der Waals surface area contributed by atoms with E-state index in [1.807, 2.05) is 6.07 Å². The highest BCUT2D eigenvalue weighted by Gasteiger charge is 2.16. The molecule has 90 valence electrons. The summed E-state index contributed by atoms with van der Waals surface area (Å²) in [4.78, 5) is 8.36. The topological polar surface area (TPSA) is 63.8 Å². The maximum absolute atomic E-state index is 5.58. The van der Waals surface area contributed by atoms with Crippen molar-refractivity contribution in [2.75, 3.05) is 18.4 Å². The summed E-state index contributed by atoms with van der Waals surface area (Å²) in [6.07, 6.45) is 3.55. The molecule has 0 bridgehead atoms. The van der Waals surface area contributed by atoms with Crippen molar-refractivity contribution in [1.29, 1.82) is 0 Å². The van der Waals surface area contributed by atoms with Crippen LogP contribution in [-0.2, 0) is 6.42 Å². The summed E-state index contributed by atoms with van der Waals surface area (Å²) in [6.45, 7) is 8.09. The Hall–Kier alpha value is -1.16. The number of hydrogen-bond acceptors (Lipinski definition) is 4. The molecule has 0 unspecified atom stereocenters. The van der Waals surface area contributed by atoms with Crippen molar-refractivity contribution in [2.45, 2.75) is 33.6 Å². The number of aryl methyl sites for hydroxylation is 1. The fraction of sp³-hybridized carbons (Fsp3) is 0.667. The molecule has 0 amide bonds. The van der Waals surface area contributed by atoms with Crippen LogP contribution in [0.25, 0.3) is 0 Å². The van der Waals surface area contributed by atoms with Crippen molar-refractivity contribution in [1.82, 2.24) is 9.97 Å². The monoisotopic (exact) mass is 222 g/mol. The molecule has 0 saturated carbocycles. The van der Waals surface area contributed by atoms with Gasteiger partial charge < -0.3 is 11.1 Å². The first-order valence-electron chi connectivity index (χ1n) is 5.82. The van der Waals surface area contributed by atoms with Gasteiger partial charge in [0.2, 0.25) is 0 Å². The van der Waals surface area contributed by atoms with E-state index in [0.717, 1.165) is 37.4 Å². The van der Waals surface area contributed by atoms with Crippen LogP contribution >= 0.6 is 0 Å². The highest BCUT2D eigenvalue weighted by atomic mass is 15.0. The molecule has 0 aliphatic rings. The first-order valence-corrected chi connectivity index (χ1v) is 5.82. The van der Waals surface area contributed by atoms with E-state index in [1.165, 1.54) is 0 Å². The first-order chi connectivity index (χ1) is 7.57. The molecule has 4 nitrogen and oxygen atoms in total. The molecular formula is C12H22N4. The molecule has 3 N–H and O–H groups in total. The van der Waals surface area contributed by atoms with Gasteiger partial charge in [0.25, 0.3) is 0 Å². The highest BCUT2D eigenvalue weighted by molar-refractivity contribution is 5.34. The quantitative estimate of drug-likeness (QED) is 0.770. The van der Waals surface area contributed by atoms with E-state index in [1.54, 1.807) is 6.33 Å². The van der Waals surface area contributed by atoms with Gasteiger partial charge in [-0.2, -0.15) is 0 Å². The smallest absolute Gasteiger partial charge is 0.129 e. The first kappa shape index (κ1) is 12.9. The lowest BCUT2D eigenvalue weighted by Crippen LogP contribution is -2.26. The minimum absolute atomic E-state index is 0.200. The summed E-state index contributed by atoms with van der Waals surface area (Å²) in [5, 5.41) is 3.34. The van der Waals surface area contributed by atoms with Crippen LogP contribution in [0.4, 0.5) is 5.82 Å². The van der Waals surface area contributed by atoms with E-state index < -0.39 is 0 Å². The minimum atomic E-state index is 0.200. The Bertz CT molecular complexity index is 323. The molecule has 4 heteroatoms. The zero-order valence-electron chi connectivity index (χ0n) is 10.5. The van der Waals surface area contributed by atoms with Crippen molar-refractivity contribution in [3.05, 3.63) is 18.1 Å². The molecule has 0 aromatic carbocycles. The fourth-order valence-corrected chi connectivity index (χ4v) is 1.50. The van der Waals surface area contributed by atoms with Crippen LogP contribution < -0.4 is 11.1 Å². The average molecular weight is 222 g/mol. The number of nitrogens with two attached hydrogens (primary N) is 1. The van der Waals surface area contributed by atoms with Crippen LogP contribution in [-0.4, -0.2) is 23.1 Å². The van der Waals surface area contributed by atoms with Crippen LogP contribution in [0.1, 0.15) is 32.9 Å². The molecule has 1 aromatic rings. The zero-order chi connectivity index (χ0) is 12.0. The van der Waals surface area contributed by atoms with Gasteiger partial charge in [0, 0.05) is 18.3 Å². The van der Waals surface area contributed by atoms with Gasteiger partial charge in [-0.15, -0.1) is 0 Å². The van der Waals surface area contributed by atoms with E-state index in [-0.39, 0.29) is 5.41 Å². The SMILES string of the molecule is CCc1cc(NCC(C)(C)CCN)ncn1. The molecule has 0 atom stereocenters. The molecule has 1 aromatic heterocycles. The predicted molar refractivity (Wildman–Crippen MR) is 67.4 cm³/mol. The van der Waals surface area contributed by atoms with E-state index in [4.69, 9.17) is 5.73 Å². The summed E-state index contributed by atoms with van der Waals surface area (Å²) < 4.78 is 0. The van der Waals surface area contributed by atoms with Crippen molar-refractivity contribution in [3.63, 3.8) is 0 Å². The summed E-state index contributed by atoms with van der Waals surface area (Å²) >= 11 is 0. The third-order valence-corrected chi connectivity index (χ3v) is 2.66. The number of hydrogen-bond donors (Lipinski definition) is 2. The van der Waals surface area contributed by atoms with Crippen molar-refractivity contribution in [2.24, 2.45) is 11.1 Å². The number of aromatic nitrogens is 2. The zero-order valence-corrected chi connectivity index (χ0v) is 10.5. The molecule has 0 saturated heterocycles. The normalized spacial score (nSPS) is 11.5. The lowest BCUT2D eigenvalue weighted by Gasteiger charge is -2.24. The van der Waals surface area contributed by atoms with Crippen molar-refractivity contribution < 1.29 is 0 Å². The molecule has 0 spiro atoms. The lowest BCUT2D eigenvalue weighted by molar-refractivity contribution is 0.365. The second kappa shape index (κ2) is 5.80. The van der Waals surface area contributed by atoms with Gasteiger partial charge in [0.05, 0.1) is 0 Å². The summed E-state index contributed by atoms with van der Waals surface area (Å²) in [7, 11) is 0. The Morgan fingerprint density at radius 3 is 2.75 bits per heavy atom. The van der Waals surface area contributed by atoms with Gasteiger partial charge in [0.1, 0.15) is 12.1 Å². The summed E-state index contributed by atoms with van der Waals surface area (Å²) in [5.74, 6) is 0.900. The van der Waals surface area contributed by atoms with E-state index in [9.17, 15) is 0 Å². The Morgan fingerprint density at radius 1 is 1.38 bits per heavy atom. The molecule has 16 heavy (non-hydrogen) atoms. The van der Waals surface area contributed by atoms with Gasteiger partial charge in [-0.05, 0) is 24.8 Å². The number of rotatable bonds is 6. The van der Waals surface area contributed by atoms with Crippen LogP contribution in [0.15, 0.2) is 12.4 Å². The van der Waals surface area contributed by atoms with Gasteiger partial charge in [0.15, 0.2) is 0 Å².